The molecule has 0 spiro atoms. The van der Waals surface area contributed by atoms with E-state index in [1.807, 2.05) is 14.1 Å². The van der Waals surface area contributed by atoms with Crippen LogP contribution in [-0.2, 0) is 4.79 Å². The molecule has 2 N–H and O–H groups in total. The molecule has 1 atom stereocenters. The molecule has 4 heteroatoms. The fourth-order valence-electron chi connectivity index (χ4n) is 2.95. The summed E-state index contributed by atoms with van der Waals surface area (Å²) in [6.07, 6.45) is 7.08. The minimum Gasteiger partial charge on any atom is -0.349 e. The van der Waals surface area contributed by atoms with Gasteiger partial charge in [0, 0.05) is 39.1 Å². The molecule has 0 aliphatic heterocycles. The third-order valence-corrected chi connectivity index (χ3v) is 4.06. The largest absolute Gasteiger partial charge is 0.349 e. The van der Waals surface area contributed by atoms with Crippen molar-refractivity contribution >= 4 is 5.91 Å². The number of nitrogens with zero attached hydrogens (tertiary/aromatic N) is 2. The summed E-state index contributed by atoms with van der Waals surface area (Å²) in [7, 11) is 3.62. The SMILES string of the molecule is CCN(C1CCCCC1)C(CN)CC(=O)N(C)C. The summed E-state index contributed by atoms with van der Waals surface area (Å²) < 4.78 is 0. The van der Waals surface area contributed by atoms with Gasteiger partial charge in [-0.2, -0.15) is 0 Å². The van der Waals surface area contributed by atoms with Crippen LogP contribution in [-0.4, -0.2) is 55.0 Å². The van der Waals surface area contributed by atoms with E-state index in [0.29, 0.717) is 19.0 Å². The van der Waals surface area contributed by atoms with Crippen LogP contribution in [0.3, 0.4) is 0 Å². The maximum Gasteiger partial charge on any atom is 0.223 e. The van der Waals surface area contributed by atoms with Crippen LogP contribution in [0.4, 0.5) is 0 Å². The molecule has 0 aromatic carbocycles. The van der Waals surface area contributed by atoms with Crippen LogP contribution in [0.2, 0.25) is 0 Å². The van der Waals surface area contributed by atoms with Gasteiger partial charge in [0.1, 0.15) is 0 Å². The number of likely N-dealkylation sites (N-methyl/N-ethyl adjacent to an activating group) is 1. The summed E-state index contributed by atoms with van der Waals surface area (Å²) in [5, 5.41) is 0. The van der Waals surface area contributed by atoms with E-state index in [1.54, 1.807) is 4.90 Å². The van der Waals surface area contributed by atoms with Gasteiger partial charge in [-0.25, -0.2) is 0 Å². The second-order valence-electron chi connectivity index (χ2n) is 5.50. The van der Waals surface area contributed by atoms with Crippen molar-refractivity contribution < 1.29 is 4.79 Å². The molecule has 1 unspecified atom stereocenters. The quantitative estimate of drug-likeness (QED) is 0.781. The van der Waals surface area contributed by atoms with E-state index in [-0.39, 0.29) is 11.9 Å². The van der Waals surface area contributed by atoms with Crippen molar-refractivity contribution in [2.24, 2.45) is 5.73 Å². The van der Waals surface area contributed by atoms with Crippen molar-refractivity contribution in [2.75, 3.05) is 27.2 Å². The molecule has 0 radical (unpaired) electrons. The number of hydrogen-bond donors (Lipinski definition) is 1. The van der Waals surface area contributed by atoms with Crippen molar-refractivity contribution in [3.05, 3.63) is 0 Å². The Morgan fingerprint density at radius 3 is 2.33 bits per heavy atom. The highest BCUT2D eigenvalue weighted by Crippen LogP contribution is 2.24. The Balaban J connectivity index is 2.61. The first-order chi connectivity index (χ1) is 8.60. The maximum atomic E-state index is 11.9. The molecule has 0 heterocycles. The molecule has 0 aromatic heterocycles. The van der Waals surface area contributed by atoms with Gasteiger partial charge in [-0.1, -0.05) is 26.2 Å². The van der Waals surface area contributed by atoms with Crippen LogP contribution in [0, 0.1) is 0 Å². The van der Waals surface area contributed by atoms with Crippen molar-refractivity contribution in [3.63, 3.8) is 0 Å². The monoisotopic (exact) mass is 255 g/mol. The van der Waals surface area contributed by atoms with E-state index in [2.05, 4.69) is 11.8 Å². The lowest BCUT2D eigenvalue weighted by Gasteiger charge is -2.39. The molecule has 1 fully saturated rings. The zero-order chi connectivity index (χ0) is 13.5. The highest BCUT2D eigenvalue weighted by atomic mass is 16.2. The van der Waals surface area contributed by atoms with Gasteiger partial charge in [-0.15, -0.1) is 0 Å². The van der Waals surface area contributed by atoms with E-state index in [9.17, 15) is 4.79 Å². The maximum absolute atomic E-state index is 11.9. The summed E-state index contributed by atoms with van der Waals surface area (Å²) in [5.41, 5.74) is 5.89. The van der Waals surface area contributed by atoms with Gasteiger partial charge >= 0.3 is 0 Å². The standard InChI is InChI=1S/C14H29N3O/c1-4-17(12-8-6-5-7-9-12)13(11-15)10-14(18)16(2)3/h12-13H,4-11,15H2,1-3H3. The Bertz CT molecular complexity index is 249. The van der Waals surface area contributed by atoms with Crippen molar-refractivity contribution in [2.45, 2.75) is 57.5 Å². The molecule has 1 saturated carbocycles. The predicted molar refractivity (Wildman–Crippen MR) is 75.4 cm³/mol. The first kappa shape index (κ1) is 15.4. The van der Waals surface area contributed by atoms with Gasteiger partial charge < -0.3 is 10.6 Å². The normalized spacial score (nSPS) is 18.9. The number of amides is 1. The molecule has 18 heavy (non-hydrogen) atoms. The molecule has 0 saturated heterocycles. The molecule has 1 aliphatic rings. The molecule has 4 nitrogen and oxygen atoms in total. The van der Waals surface area contributed by atoms with Crippen molar-refractivity contribution in [3.8, 4) is 0 Å². The Morgan fingerprint density at radius 2 is 1.89 bits per heavy atom. The average molecular weight is 255 g/mol. The van der Waals surface area contributed by atoms with E-state index in [1.165, 1.54) is 32.1 Å². The molecular formula is C14H29N3O. The first-order valence-corrected chi connectivity index (χ1v) is 7.26. The van der Waals surface area contributed by atoms with Gasteiger partial charge in [-0.3, -0.25) is 9.69 Å². The second kappa shape index (κ2) is 7.74. The summed E-state index contributed by atoms with van der Waals surface area (Å²) >= 11 is 0. The van der Waals surface area contributed by atoms with Crippen LogP contribution < -0.4 is 5.73 Å². The Kier molecular flexibility index (Phi) is 6.65. The van der Waals surface area contributed by atoms with Gasteiger partial charge in [0.25, 0.3) is 0 Å². The number of carbonyl (C=O) groups excluding carboxylic acids is 1. The van der Waals surface area contributed by atoms with Crippen LogP contribution in [0.25, 0.3) is 0 Å². The van der Waals surface area contributed by atoms with Crippen molar-refractivity contribution in [1.82, 2.24) is 9.80 Å². The third-order valence-electron chi connectivity index (χ3n) is 4.06. The van der Waals surface area contributed by atoms with Gasteiger partial charge in [0.2, 0.25) is 5.91 Å². The van der Waals surface area contributed by atoms with Gasteiger partial charge in [0.15, 0.2) is 0 Å². The number of rotatable bonds is 6. The summed E-state index contributed by atoms with van der Waals surface area (Å²) in [5.74, 6) is 0.180. The lowest BCUT2D eigenvalue weighted by atomic mass is 9.92. The van der Waals surface area contributed by atoms with E-state index in [0.717, 1.165) is 6.54 Å². The molecule has 1 aliphatic carbocycles. The average Bonchev–Trinajstić information content (AvgIpc) is 2.39. The molecular weight excluding hydrogens is 226 g/mol. The Morgan fingerprint density at radius 1 is 1.28 bits per heavy atom. The smallest absolute Gasteiger partial charge is 0.223 e. The zero-order valence-corrected chi connectivity index (χ0v) is 12.2. The van der Waals surface area contributed by atoms with Crippen LogP contribution in [0.1, 0.15) is 45.4 Å². The van der Waals surface area contributed by atoms with Crippen LogP contribution in [0.5, 0.6) is 0 Å². The lowest BCUT2D eigenvalue weighted by molar-refractivity contribution is -0.130. The summed E-state index contributed by atoms with van der Waals surface area (Å²) in [4.78, 5) is 16.0. The highest BCUT2D eigenvalue weighted by Gasteiger charge is 2.27. The molecule has 1 amide bonds. The number of hydrogen-bond acceptors (Lipinski definition) is 3. The third kappa shape index (κ3) is 4.25. The Labute approximate surface area is 111 Å². The topological polar surface area (TPSA) is 49.6 Å². The predicted octanol–water partition coefficient (Wildman–Crippen LogP) is 1.45. The first-order valence-electron chi connectivity index (χ1n) is 7.26. The number of carbonyl (C=O) groups is 1. The number of nitrogens with two attached hydrogens (primary N) is 1. The zero-order valence-electron chi connectivity index (χ0n) is 12.2. The lowest BCUT2D eigenvalue weighted by Crippen LogP contribution is -2.49. The fraction of sp³-hybridized carbons (Fsp3) is 0.929. The van der Waals surface area contributed by atoms with Gasteiger partial charge in [0.05, 0.1) is 0 Å². The summed E-state index contributed by atoms with van der Waals surface area (Å²) in [6.45, 7) is 3.74. The van der Waals surface area contributed by atoms with Crippen molar-refractivity contribution in [1.29, 1.82) is 0 Å². The molecule has 0 bridgehead atoms. The van der Waals surface area contributed by atoms with Crippen LogP contribution >= 0.6 is 0 Å². The Hall–Kier alpha value is -0.610. The minimum absolute atomic E-state index is 0.180. The highest BCUT2D eigenvalue weighted by molar-refractivity contribution is 5.76. The molecule has 106 valence electrons. The molecule has 1 rings (SSSR count). The summed E-state index contributed by atoms with van der Waals surface area (Å²) in [6, 6.07) is 0.834. The van der Waals surface area contributed by atoms with Gasteiger partial charge in [-0.05, 0) is 19.4 Å². The minimum atomic E-state index is 0.180. The van der Waals surface area contributed by atoms with E-state index in [4.69, 9.17) is 5.73 Å². The van der Waals surface area contributed by atoms with Crippen LogP contribution in [0.15, 0.2) is 0 Å². The molecule has 0 aromatic rings. The van der Waals surface area contributed by atoms with E-state index >= 15 is 0 Å². The fourth-order valence-corrected chi connectivity index (χ4v) is 2.95. The van der Waals surface area contributed by atoms with E-state index < -0.39 is 0 Å². The second-order valence-corrected chi connectivity index (χ2v) is 5.50.